The molecule has 0 atom stereocenters. The van der Waals surface area contributed by atoms with Gasteiger partial charge < -0.3 is 0 Å². The molecule has 0 N–H and O–H groups in total. The molecule has 1 nitrogen and oxygen atoms in total. The summed E-state index contributed by atoms with van der Waals surface area (Å²) >= 11 is 0. The highest BCUT2D eigenvalue weighted by molar-refractivity contribution is 6.12. The van der Waals surface area contributed by atoms with Gasteiger partial charge in [-0.05, 0) is 11.6 Å². The maximum atomic E-state index is 4.82. The smallest absolute Gasteiger partial charge is 0.0723 e. The van der Waals surface area contributed by atoms with Crippen molar-refractivity contribution in [2.75, 3.05) is 0 Å². The molecule has 0 fully saturated rings. The summed E-state index contributed by atoms with van der Waals surface area (Å²) in [5.41, 5.74) is 4.40. The molecule has 0 heterocycles. The number of benzene rings is 3. The summed E-state index contributed by atoms with van der Waals surface area (Å²) in [4.78, 5) is 4.82. The van der Waals surface area contributed by atoms with Crippen molar-refractivity contribution in [1.29, 1.82) is 0 Å². The SMILES string of the molecule is [c]1ccccc1CN=C(c1ccccc1)c1ccccc1. The molecule has 3 rings (SSSR count). The molecule has 0 spiro atoms. The highest BCUT2D eigenvalue weighted by Gasteiger charge is 2.05. The van der Waals surface area contributed by atoms with E-state index in [4.69, 9.17) is 4.99 Å². The number of hydrogen-bond donors (Lipinski definition) is 0. The average molecular weight is 270 g/mol. The fourth-order valence-electron chi connectivity index (χ4n) is 2.23. The zero-order valence-corrected chi connectivity index (χ0v) is 11.7. The molecule has 21 heavy (non-hydrogen) atoms. The van der Waals surface area contributed by atoms with Gasteiger partial charge in [0.15, 0.2) is 0 Å². The first-order valence-corrected chi connectivity index (χ1v) is 7.04. The van der Waals surface area contributed by atoms with Crippen molar-refractivity contribution >= 4 is 5.71 Å². The van der Waals surface area contributed by atoms with E-state index in [1.54, 1.807) is 0 Å². The fraction of sp³-hybridized carbons (Fsp3) is 0.0500. The Morgan fingerprint density at radius 3 is 1.81 bits per heavy atom. The van der Waals surface area contributed by atoms with Gasteiger partial charge in [-0.25, -0.2) is 0 Å². The third-order valence-corrected chi connectivity index (χ3v) is 3.28. The van der Waals surface area contributed by atoms with Crippen molar-refractivity contribution in [1.82, 2.24) is 0 Å². The van der Waals surface area contributed by atoms with Crippen LogP contribution in [-0.4, -0.2) is 5.71 Å². The highest BCUT2D eigenvalue weighted by atomic mass is 14.7. The average Bonchev–Trinajstić information content (AvgIpc) is 2.58. The van der Waals surface area contributed by atoms with Gasteiger partial charge in [0.1, 0.15) is 0 Å². The molecule has 1 heteroatoms. The predicted molar refractivity (Wildman–Crippen MR) is 87.5 cm³/mol. The Balaban J connectivity index is 1.97. The molecule has 0 aliphatic carbocycles. The topological polar surface area (TPSA) is 12.4 Å². The minimum absolute atomic E-state index is 0.639. The van der Waals surface area contributed by atoms with Gasteiger partial charge in [-0.1, -0.05) is 84.9 Å². The maximum absolute atomic E-state index is 4.82. The van der Waals surface area contributed by atoms with E-state index >= 15 is 0 Å². The van der Waals surface area contributed by atoms with Crippen LogP contribution in [0.1, 0.15) is 16.7 Å². The first kappa shape index (κ1) is 13.3. The Kier molecular flexibility index (Phi) is 4.23. The van der Waals surface area contributed by atoms with E-state index < -0.39 is 0 Å². The van der Waals surface area contributed by atoms with Crippen LogP contribution in [0.15, 0.2) is 89.9 Å². The summed E-state index contributed by atoms with van der Waals surface area (Å²) in [5, 5.41) is 0. The van der Waals surface area contributed by atoms with Gasteiger partial charge in [0, 0.05) is 11.1 Å². The van der Waals surface area contributed by atoms with Crippen molar-refractivity contribution in [3.8, 4) is 0 Å². The molecule has 0 saturated carbocycles. The second-order valence-corrected chi connectivity index (χ2v) is 4.78. The van der Waals surface area contributed by atoms with Crippen LogP contribution in [-0.2, 0) is 6.54 Å². The lowest BCUT2D eigenvalue weighted by molar-refractivity contribution is 1.06. The Morgan fingerprint density at radius 2 is 1.29 bits per heavy atom. The number of hydrogen-bond acceptors (Lipinski definition) is 1. The van der Waals surface area contributed by atoms with Crippen LogP contribution >= 0.6 is 0 Å². The second-order valence-electron chi connectivity index (χ2n) is 4.78. The Hall–Kier alpha value is -2.67. The molecular formula is C20H16N. The van der Waals surface area contributed by atoms with Crippen molar-refractivity contribution in [2.45, 2.75) is 6.54 Å². The third-order valence-electron chi connectivity index (χ3n) is 3.28. The van der Waals surface area contributed by atoms with Crippen LogP contribution in [0.25, 0.3) is 0 Å². The first-order valence-electron chi connectivity index (χ1n) is 7.04. The Morgan fingerprint density at radius 1 is 0.714 bits per heavy atom. The summed E-state index contributed by atoms with van der Waals surface area (Å²) in [6.07, 6.45) is 0. The molecule has 0 aromatic heterocycles. The molecule has 3 aromatic rings. The summed E-state index contributed by atoms with van der Waals surface area (Å²) < 4.78 is 0. The van der Waals surface area contributed by atoms with Gasteiger partial charge in [-0.3, -0.25) is 4.99 Å². The van der Waals surface area contributed by atoms with Gasteiger partial charge in [0.25, 0.3) is 0 Å². The molecule has 0 amide bonds. The van der Waals surface area contributed by atoms with Gasteiger partial charge in [-0.2, -0.15) is 0 Å². The Bertz CT molecular complexity index is 659. The maximum Gasteiger partial charge on any atom is 0.0723 e. The van der Waals surface area contributed by atoms with Gasteiger partial charge >= 0.3 is 0 Å². The number of aliphatic imine (C=N–C) groups is 1. The van der Waals surface area contributed by atoms with E-state index in [0.29, 0.717) is 6.54 Å². The van der Waals surface area contributed by atoms with Gasteiger partial charge in [-0.15, -0.1) is 0 Å². The summed E-state index contributed by atoms with van der Waals surface area (Å²) in [5.74, 6) is 0. The lowest BCUT2D eigenvalue weighted by Gasteiger charge is -2.07. The minimum Gasteiger partial charge on any atom is -0.279 e. The van der Waals surface area contributed by atoms with Crippen LogP contribution in [0.4, 0.5) is 0 Å². The van der Waals surface area contributed by atoms with E-state index in [2.05, 4.69) is 36.4 Å². The third kappa shape index (κ3) is 3.46. The first-order chi connectivity index (χ1) is 10.4. The molecule has 0 saturated heterocycles. The van der Waals surface area contributed by atoms with Gasteiger partial charge in [0.05, 0.1) is 12.3 Å². The quantitative estimate of drug-likeness (QED) is 0.618. The monoisotopic (exact) mass is 270 g/mol. The Labute approximate surface area is 125 Å². The molecular weight excluding hydrogens is 254 g/mol. The highest BCUT2D eigenvalue weighted by Crippen LogP contribution is 2.12. The minimum atomic E-state index is 0.639. The lowest BCUT2D eigenvalue weighted by Crippen LogP contribution is -2.03. The summed E-state index contributed by atoms with van der Waals surface area (Å²) in [6.45, 7) is 0.639. The van der Waals surface area contributed by atoms with E-state index in [9.17, 15) is 0 Å². The van der Waals surface area contributed by atoms with Crippen molar-refractivity contribution in [3.63, 3.8) is 0 Å². The van der Waals surface area contributed by atoms with E-state index in [-0.39, 0.29) is 0 Å². The molecule has 0 bridgehead atoms. The second kappa shape index (κ2) is 6.67. The lowest BCUT2D eigenvalue weighted by atomic mass is 10.0. The summed E-state index contributed by atoms with van der Waals surface area (Å²) in [7, 11) is 0. The standard InChI is InChI=1S/C20H16N/c1-4-10-17(11-5-1)16-21-20(18-12-6-2-7-13-18)19-14-8-3-9-15-19/h1-10,12-15H,16H2. The largest absolute Gasteiger partial charge is 0.279 e. The van der Waals surface area contributed by atoms with Crippen molar-refractivity contribution in [3.05, 3.63) is 108 Å². The van der Waals surface area contributed by atoms with E-state index in [0.717, 1.165) is 22.4 Å². The van der Waals surface area contributed by atoms with Crippen molar-refractivity contribution < 1.29 is 0 Å². The zero-order valence-electron chi connectivity index (χ0n) is 11.7. The van der Waals surface area contributed by atoms with Gasteiger partial charge in [0.2, 0.25) is 0 Å². The molecule has 101 valence electrons. The molecule has 0 aliphatic heterocycles. The van der Waals surface area contributed by atoms with Crippen LogP contribution in [0.5, 0.6) is 0 Å². The summed E-state index contributed by atoms with van der Waals surface area (Å²) in [6, 6.07) is 31.8. The van der Waals surface area contributed by atoms with E-state index in [1.165, 1.54) is 0 Å². The van der Waals surface area contributed by atoms with E-state index in [1.807, 2.05) is 54.6 Å². The molecule has 1 radical (unpaired) electrons. The number of rotatable bonds is 4. The molecule has 0 unspecified atom stereocenters. The van der Waals surface area contributed by atoms with Crippen LogP contribution in [0.2, 0.25) is 0 Å². The van der Waals surface area contributed by atoms with Crippen LogP contribution < -0.4 is 0 Å². The zero-order chi connectivity index (χ0) is 14.3. The predicted octanol–water partition coefficient (Wildman–Crippen LogP) is 4.52. The van der Waals surface area contributed by atoms with Crippen LogP contribution in [0, 0.1) is 6.07 Å². The molecule has 3 aromatic carbocycles. The van der Waals surface area contributed by atoms with Crippen LogP contribution in [0.3, 0.4) is 0 Å². The fourth-order valence-corrected chi connectivity index (χ4v) is 2.23. The number of nitrogens with zero attached hydrogens (tertiary/aromatic N) is 1. The molecule has 0 aliphatic rings. The van der Waals surface area contributed by atoms with Crippen molar-refractivity contribution in [2.24, 2.45) is 4.99 Å². The normalized spacial score (nSPS) is 10.1.